The number of aliphatic carboxylic acids is 1. The fourth-order valence-corrected chi connectivity index (χ4v) is 2.94. The number of sulfone groups is 1. The maximum atomic E-state index is 11.2. The fourth-order valence-electron chi connectivity index (χ4n) is 1.26. The van der Waals surface area contributed by atoms with E-state index in [0.717, 1.165) is 0 Å². The maximum Gasteiger partial charge on any atom is 0.325 e. The second kappa shape index (κ2) is 2.70. The van der Waals surface area contributed by atoms with Crippen molar-refractivity contribution in [2.45, 2.75) is 18.6 Å². The average Bonchev–Trinajstić information content (AvgIpc) is 2.80. The molecule has 0 unspecified atom stereocenters. The number of carboxylic acid groups (broad SMARTS) is 1. The molecule has 0 saturated heterocycles. The monoisotopic (exact) mass is 203 g/mol. The van der Waals surface area contributed by atoms with E-state index in [4.69, 9.17) is 10.4 Å². The first kappa shape index (κ1) is 9.99. The van der Waals surface area contributed by atoms with E-state index in [2.05, 4.69) is 0 Å². The predicted molar refractivity (Wildman–Crippen MR) is 43.5 cm³/mol. The normalized spacial score (nSPS) is 32.2. The van der Waals surface area contributed by atoms with E-state index in [9.17, 15) is 13.2 Å². The second-order valence-electron chi connectivity index (χ2n) is 3.03. The lowest BCUT2D eigenvalue weighted by Gasteiger charge is -2.01. The molecule has 0 radical (unpaired) electrons. The van der Waals surface area contributed by atoms with Crippen molar-refractivity contribution in [1.82, 2.24) is 0 Å². The number of nitrogens with zero attached hydrogens (tertiary/aromatic N) is 1. The number of hydrogen-bond donors (Lipinski definition) is 1. The molecule has 0 aromatic carbocycles. The highest BCUT2D eigenvalue weighted by atomic mass is 32.2. The zero-order valence-electron chi connectivity index (χ0n) is 7.02. The minimum absolute atomic E-state index is 0.0744. The molecule has 5 nitrogen and oxygen atoms in total. The zero-order valence-corrected chi connectivity index (χ0v) is 7.84. The van der Waals surface area contributed by atoms with Crippen LogP contribution in [0.4, 0.5) is 0 Å². The van der Waals surface area contributed by atoms with E-state index in [1.807, 2.05) is 0 Å². The highest BCUT2D eigenvalue weighted by Gasteiger charge is 2.67. The molecule has 0 spiro atoms. The average molecular weight is 203 g/mol. The van der Waals surface area contributed by atoms with Crippen LogP contribution < -0.4 is 0 Å². The summed E-state index contributed by atoms with van der Waals surface area (Å²) >= 11 is 0. The molecule has 0 aromatic heterocycles. The third kappa shape index (κ3) is 1.29. The summed E-state index contributed by atoms with van der Waals surface area (Å²) in [5, 5.41) is 16.2. The number of carbonyl (C=O) groups is 1. The maximum absolute atomic E-state index is 11.2. The van der Waals surface area contributed by atoms with Crippen molar-refractivity contribution in [3.63, 3.8) is 0 Å². The topological polar surface area (TPSA) is 95.2 Å². The first-order valence-electron chi connectivity index (χ1n) is 3.77. The van der Waals surface area contributed by atoms with Gasteiger partial charge in [0.1, 0.15) is 0 Å². The third-order valence-electron chi connectivity index (χ3n) is 2.31. The summed E-state index contributed by atoms with van der Waals surface area (Å²) in [6, 6.07) is 1.56. The van der Waals surface area contributed by atoms with Gasteiger partial charge in [-0.25, -0.2) is 8.42 Å². The van der Waals surface area contributed by atoms with E-state index >= 15 is 0 Å². The molecular weight excluding hydrogens is 194 g/mol. The van der Waals surface area contributed by atoms with Gasteiger partial charge in [-0.1, -0.05) is 6.92 Å². The molecule has 1 aliphatic carbocycles. The Balaban J connectivity index is 2.97. The van der Waals surface area contributed by atoms with Crippen LogP contribution in [-0.4, -0.2) is 30.5 Å². The highest BCUT2D eigenvalue weighted by Crippen LogP contribution is 2.50. The smallest absolute Gasteiger partial charge is 0.325 e. The van der Waals surface area contributed by atoms with Crippen LogP contribution in [0.5, 0.6) is 0 Å². The summed E-state index contributed by atoms with van der Waals surface area (Å²) in [5.74, 6) is -1.45. The summed E-state index contributed by atoms with van der Waals surface area (Å²) in [7, 11) is -3.39. The zero-order chi connectivity index (χ0) is 10.3. The van der Waals surface area contributed by atoms with Crippen molar-refractivity contribution in [2.75, 3.05) is 5.75 Å². The lowest BCUT2D eigenvalue weighted by molar-refractivity contribution is -0.141. The quantitative estimate of drug-likeness (QED) is 0.684. The molecule has 1 saturated carbocycles. The van der Waals surface area contributed by atoms with Crippen molar-refractivity contribution >= 4 is 15.8 Å². The molecule has 0 bridgehead atoms. The fraction of sp³-hybridized carbons (Fsp3) is 0.714. The molecular formula is C7H9NO4S. The minimum Gasteiger partial charge on any atom is -0.480 e. The number of nitriles is 1. The van der Waals surface area contributed by atoms with Gasteiger partial charge in [-0.15, -0.1) is 0 Å². The first-order chi connectivity index (χ1) is 5.90. The van der Waals surface area contributed by atoms with E-state index in [0.29, 0.717) is 0 Å². The molecule has 1 rings (SSSR count). The highest BCUT2D eigenvalue weighted by molar-refractivity contribution is 7.92. The summed E-state index contributed by atoms with van der Waals surface area (Å²) in [6.07, 6.45) is -0.0744. The predicted octanol–water partition coefficient (Wildman–Crippen LogP) is -0.212. The molecule has 0 aromatic rings. The van der Waals surface area contributed by atoms with Crippen LogP contribution in [0.3, 0.4) is 0 Å². The molecule has 0 heterocycles. The van der Waals surface area contributed by atoms with Gasteiger partial charge in [0.15, 0.2) is 15.3 Å². The Morgan fingerprint density at radius 3 is 2.54 bits per heavy atom. The Morgan fingerprint density at radius 1 is 1.77 bits per heavy atom. The summed E-state index contributed by atoms with van der Waals surface area (Å²) < 4.78 is 22.5. The van der Waals surface area contributed by atoms with Crippen molar-refractivity contribution in [3.8, 4) is 6.07 Å². The van der Waals surface area contributed by atoms with Gasteiger partial charge in [-0.3, -0.25) is 4.79 Å². The first-order valence-corrected chi connectivity index (χ1v) is 5.48. The van der Waals surface area contributed by atoms with Crippen LogP contribution in [0.25, 0.3) is 0 Å². The lowest BCUT2D eigenvalue weighted by atomic mass is 10.1. The second-order valence-corrected chi connectivity index (χ2v) is 5.50. The van der Waals surface area contributed by atoms with E-state index in [-0.39, 0.29) is 12.2 Å². The van der Waals surface area contributed by atoms with Crippen molar-refractivity contribution < 1.29 is 18.3 Å². The molecule has 2 atom stereocenters. The molecule has 72 valence electrons. The van der Waals surface area contributed by atoms with Gasteiger partial charge in [0.25, 0.3) is 0 Å². The Hall–Kier alpha value is -1.09. The van der Waals surface area contributed by atoms with Crippen molar-refractivity contribution in [2.24, 2.45) is 5.41 Å². The van der Waals surface area contributed by atoms with E-state index < -0.39 is 26.5 Å². The van der Waals surface area contributed by atoms with Gasteiger partial charge in [-0.2, -0.15) is 5.26 Å². The third-order valence-corrected chi connectivity index (χ3v) is 4.55. The Kier molecular flexibility index (Phi) is 2.08. The van der Waals surface area contributed by atoms with E-state index in [1.54, 1.807) is 6.07 Å². The van der Waals surface area contributed by atoms with Crippen molar-refractivity contribution in [1.29, 1.82) is 5.26 Å². The molecule has 1 aliphatic rings. The standard InChI is InChI=1S/C7H9NO4S/c1-2-13(11,12)5-3-7(5,4-8)6(9)10/h5H,2-3H2,1H3,(H,9,10)/t5-,7+/m1/s1. The van der Waals surface area contributed by atoms with Gasteiger partial charge in [-0.05, 0) is 6.42 Å². The summed E-state index contributed by atoms with van der Waals surface area (Å²) in [4.78, 5) is 10.6. The summed E-state index contributed by atoms with van der Waals surface area (Å²) in [5.41, 5.74) is -1.67. The number of hydrogen-bond acceptors (Lipinski definition) is 4. The minimum atomic E-state index is -3.39. The van der Waals surface area contributed by atoms with Crippen molar-refractivity contribution in [3.05, 3.63) is 0 Å². The Labute approximate surface area is 75.9 Å². The molecule has 13 heavy (non-hydrogen) atoms. The SMILES string of the molecule is CCS(=O)(=O)[C@@H]1C[C@@]1(C#N)C(=O)O. The van der Waals surface area contributed by atoms with Crippen LogP contribution >= 0.6 is 0 Å². The molecule has 0 amide bonds. The van der Waals surface area contributed by atoms with Gasteiger partial charge >= 0.3 is 5.97 Å². The van der Waals surface area contributed by atoms with Crippen LogP contribution in [-0.2, 0) is 14.6 Å². The van der Waals surface area contributed by atoms with Gasteiger partial charge < -0.3 is 5.11 Å². The Morgan fingerprint density at radius 2 is 2.31 bits per heavy atom. The Bertz CT molecular complexity index is 380. The van der Waals surface area contributed by atoms with Crippen LogP contribution in [0.1, 0.15) is 13.3 Å². The number of rotatable bonds is 3. The van der Waals surface area contributed by atoms with Crippen LogP contribution in [0, 0.1) is 16.7 Å². The largest absolute Gasteiger partial charge is 0.480 e. The van der Waals surface area contributed by atoms with Gasteiger partial charge in [0.05, 0.1) is 11.3 Å². The molecule has 1 fully saturated rings. The van der Waals surface area contributed by atoms with Crippen LogP contribution in [0.2, 0.25) is 0 Å². The van der Waals surface area contributed by atoms with Crippen LogP contribution in [0.15, 0.2) is 0 Å². The summed E-state index contributed by atoms with van der Waals surface area (Å²) in [6.45, 7) is 1.44. The van der Waals surface area contributed by atoms with Gasteiger partial charge in [0, 0.05) is 5.75 Å². The molecule has 6 heteroatoms. The molecule has 0 aliphatic heterocycles. The van der Waals surface area contributed by atoms with E-state index in [1.165, 1.54) is 6.92 Å². The number of carboxylic acids is 1. The lowest BCUT2D eigenvalue weighted by Crippen LogP contribution is -2.23. The molecule has 1 N–H and O–H groups in total. The van der Waals surface area contributed by atoms with Gasteiger partial charge in [0.2, 0.25) is 0 Å².